The number of hydrogen-bond donors (Lipinski definition) is 2. The molecular formula is C12H22ClNO2. The Hall–Kier alpha value is -0.800. The van der Waals surface area contributed by atoms with E-state index in [4.69, 9.17) is 5.11 Å². The number of carboxylic acids is 1. The van der Waals surface area contributed by atoms with Gasteiger partial charge in [0.15, 0.2) is 0 Å². The van der Waals surface area contributed by atoms with Crippen LogP contribution < -0.4 is 17.7 Å². The van der Waals surface area contributed by atoms with Crippen molar-refractivity contribution in [2.24, 2.45) is 5.92 Å². The van der Waals surface area contributed by atoms with Gasteiger partial charge >= 0.3 is 5.97 Å². The largest absolute Gasteiger partial charge is 1.00 e. The number of quaternary nitrogens is 1. The molecule has 94 valence electrons. The van der Waals surface area contributed by atoms with Crippen molar-refractivity contribution in [3.05, 3.63) is 25.3 Å². The average Bonchev–Trinajstić information content (AvgIpc) is 2.18. The molecule has 0 aliphatic carbocycles. The van der Waals surface area contributed by atoms with Crippen molar-refractivity contribution in [1.29, 1.82) is 0 Å². The number of nitrogens with two attached hydrogens (primary N) is 1. The van der Waals surface area contributed by atoms with Crippen LogP contribution in [0.4, 0.5) is 0 Å². The highest BCUT2D eigenvalue weighted by atomic mass is 35.5. The van der Waals surface area contributed by atoms with Gasteiger partial charge in [0.1, 0.15) is 0 Å². The van der Waals surface area contributed by atoms with Gasteiger partial charge in [-0.25, -0.2) is 0 Å². The lowest BCUT2D eigenvalue weighted by Gasteiger charge is -2.12. The Labute approximate surface area is 104 Å². The van der Waals surface area contributed by atoms with Crippen molar-refractivity contribution in [1.82, 2.24) is 0 Å². The van der Waals surface area contributed by atoms with Gasteiger partial charge in [-0.15, -0.1) is 13.2 Å². The van der Waals surface area contributed by atoms with Crippen molar-refractivity contribution in [3.8, 4) is 0 Å². The maximum atomic E-state index is 10.6. The van der Waals surface area contributed by atoms with Crippen LogP contribution in [0, 0.1) is 5.92 Å². The van der Waals surface area contributed by atoms with Crippen molar-refractivity contribution < 1.29 is 27.6 Å². The average molecular weight is 248 g/mol. The smallest absolute Gasteiger partial charge is 0.306 e. The first kappa shape index (κ1) is 17.6. The Morgan fingerprint density at radius 2 is 1.88 bits per heavy atom. The van der Waals surface area contributed by atoms with Crippen LogP contribution in [0.25, 0.3) is 0 Å². The second kappa shape index (κ2) is 10.7. The molecule has 0 aliphatic heterocycles. The number of hydrogen-bond acceptors (Lipinski definition) is 1. The van der Waals surface area contributed by atoms with Gasteiger partial charge in [0.05, 0.1) is 18.5 Å². The van der Waals surface area contributed by atoms with Crippen LogP contribution in [-0.2, 0) is 4.79 Å². The van der Waals surface area contributed by atoms with E-state index in [1.54, 1.807) is 6.92 Å². The monoisotopic (exact) mass is 247 g/mol. The fraction of sp³-hybridized carbons (Fsp3) is 0.583. The molecule has 0 radical (unpaired) electrons. The third-order valence-electron chi connectivity index (χ3n) is 2.46. The summed E-state index contributed by atoms with van der Waals surface area (Å²) >= 11 is 0. The number of rotatable bonds is 9. The lowest BCUT2D eigenvalue weighted by atomic mass is 10.1. The topological polar surface area (TPSA) is 53.9 Å². The zero-order chi connectivity index (χ0) is 11.7. The quantitative estimate of drug-likeness (QED) is 0.472. The minimum atomic E-state index is -0.715. The molecule has 0 aliphatic rings. The molecule has 0 saturated carbocycles. The van der Waals surface area contributed by atoms with E-state index in [0.29, 0.717) is 12.5 Å². The van der Waals surface area contributed by atoms with E-state index in [2.05, 4.69) is 18.5 Å². The Bertz CT molecular complexity index is 209. The molecule has 0 aromatic carbocycles. The predicted octanol–water partition coefficient (Wildman–Crippen LogP) is -1.81. The lowest BCUT2D eigenvalue weighted by molar-refractivity contribution is -0.688. The molecule has 0 bridgehead atoms. The SMILES string of the molecule is C=CCC(CC=C)[NH2+]CCC(C)C(=O)O.[Cl-]. The van der Waals surface area contributed by atoms with Gasteiger partial charge in [0.25, 0.3) is 0 Å². The van der Waals surface area contributed by atoms with Crippen molar-refractivity contribution >= 4 is 5.97 Å². The molecule has 1 unspecified atom stereocenters. The van der Waals surface area contributed by atoms with Gasteiger partial charge in [0.2, 0.25) is 0 Å². The summed E-state index contributed by atoms with van der Waals surface area (Å²) in [6.07, 6.45) is 6.37. The molecule has 3 nitrogen and oxygen atoms in total. The first-order valence-electron chi connectivity index (χ1n) is 5.39. The second-order valence-corrected chi connectivity index (χ2v) is 3.86. The van der Waals surface area contributed by atoms with Gasteiger partial charge in [-0.3, -0.25) is 4.79 Å². The van der Waals surface area contributed by atoms with Crippen LogP contribution in [0.15, 0.2) is 25.3 Å². The van der Waals surface area contributed by atoms with E-state index in [-0.39, 0.29) is 18.3 Å². The predicted molar refractivity (Wildman–Crippen MR) is 61.6 cm³/mol. The lowest BCUT2D eigenvalue weighted by Crippen LogP contribution is -3.00. The summed E-state index contributed by atoms with van der Waals surface area (Å²) in [6.45, 7) is 10.0. The summed E-state index contributed by atoms with van der Waals surface area (Å²) in [6, 6.07) is 0.459. The fourth-order valence-electron chi connectivity index (χ4n) is 1.42. The van der Waals surface area contributed by atoms with E-state index in [1.807, 2.05) is 12.2 Å². The van der Waals surface area contributed by atoms with Crippen molar-refractivity contribution in [3.63, 3.8) is 0 Å². The summed E-state index contributed by atoms with van der Waals surface area (Å²) in [4.78, 5) is 10.6. The Kier molecular flexibility index (Phi) is 11.8. The Balaban J connectivity index is 0. The zero-order valence-electron chi connectivity index (χ0n) is 9.86. The second-order valence-electron chi connectivity index (χ2n) is 3.86. The molecule has 0 saturated heterocycles. The number of aliphatic carboxylic acids is 1. The highest BCUT2D eigenvalue weighted by Crippen LogP contribution is 1.99. The number of carbonyl (C=O) groups is 1. The summed E-state index contributed by atoms with van der Waals surface area (Å²) in [7, 11) is 0. The molecule has 0 heterocycles. The van der Waals surface area contributed by atoms with Gasteiger partial charge in [-0.1, -0.05) is 19.1 Å². The molecule has 1 atom stereocenters. The zero-order valence-corrected chi connectivity index (χ0v) is 10.6. The summed E-state index contributed by atoms with van der Waals surface area (Å²) in [5.41, 5.74) is 0. The summed E-state index contributed by atoms with van der Waals surface area (Å²) in [5.74, 6) is -0.971. The fourth-order valence-corrected chi connectivity index (χ4v) is 1.42. The van der Waals surface area contributed by atoms with E-state index in [1.165, 1.54) is 0 Å². The van der Waals surface area contributed by atoms with E-state index in [9.17, 15) is 4.79 Å². The van der Waals surface area contributed by atoms with Crippen LogP contribution in [0.2, 0.25) is 0 Å². The van der Waals surface area contributed by atoms with Crippen molar-refractivity contribution in [2.45, 2.75) is 32.2 Å². The molecule has 0 fully saturated rings. The molecular weight excluding hydrogens is 226 g/mol. The normalized spacial score (nSPS) is 11.6. The van der Waals surface area contributed by atoms with Gasteiger partial charge in [0, 0.05) is 19.3 Å². The van der Waals surface area contributed by atoms with E-state index in [0.717, 1.165) is 19.4 Å². The molecule has 0 amide bonds. The van der Waals surface area contributed by atoms with Crippen LogP contribution in [-0.4, -0.2) is 23.7 Å². The minimum Gasteiger partial charge on any atom is -1.00 e. The van der Waals surface area contributed by atoms with Crippen LogP contribution in [0.3, 0.4) is 0 Å². The first-order valence-corrected chi connectivity index (χ1v) is 5.39. The van der Waals surface area contributed by atoms with E-state index >= 15 is 0 Å². The molecule has 0 aromatic heterocycles. The molecule has 3 N–H and O–H groups in total. The van der Waals surface area contributed by atoms with Crippen LogP contribution in [0.5, 0.6) is 0 Å². The minimum absolute atomic E-state index is 0. The molecule has 0 aromatic rings. The van der Waals surface area contributed by atoms with Crippen LogP contribution >= 0.6 is 0 Å². The van der Waals surface area contributed by atoms with Gasteiger partial charge < -0.3 is 22.8 Å². The maximum absolute atomic E-state index is 10.6. The number of halogens is 1. The summed E-state index contributed by atoms with van der Waals surface area (Å²) in [5, 5.41) is 10.9. The Morgan fingerprint density at radius 1 is 1.38 bits per heavy atom. The van der Waals surface area contributed by atoms with E-state index < -0.39 is 5.97 Å². The third-order valence-corrected chi connectivity index (χ3v) is 2.46. The van der Waals surface area contributed by atoms with Gasteiger partial charge in [-0.2, -0.15) is 0 Å². The highest BCUT2D eigenvalue weighted by Gasteiger charge is 2.13. The third kappa shape index (κ3) is 8.50. The van der Waals surface area contributed by atoms with Crippen molar-refractivity contribution in [2.75, 3.05) is 6.54 Å². The molecule has 16 heavy (non-hydrogen) atoms. The first-order chi connectivity index (χ1) is 7.11. The Morgan fingerprint density at radius 3 is 2.25 bits per heavy atom. The molecule has 4 heteroatoms. The highest BCUT2D eigenvalue weighted by molar-refractivity contribution is 5.69. The maximum Gasteiger partial charge on any atom is 0.306 e. The molecule has 0 spiro atoms. The molecule has 0 rings (SSSR count). The van der Waals surface area contributed by atoms with Crippen LogP contribution in [0.1, 0.15) is 26.2 Å². The van der Waals surface area contributed by atoms with Gasteiger partial charge in [-0.05, 0) is 0 Å². The standard InChI is InChI=1S/C12H21NO2.ClH/c1-4-6-11(7-5-2)13-9-8-10(3)12(14)15;/h4-5,10-11,13H,1-2,6-9H2,3H3,(H,14,15);1H. The number of carboxylic acid groups (broad SMARTS) is 1. The summed E-state index contributed by atoms with van der Waals surface area (Å²) < 4.78 is 0.